The Morgan fingerprint density at radius 1 is 1.56 bits per heavy atom. The van der Waals surface area contributed by atoms with Crippen LogP contribution in [0.25, 0.3) is 0 Å². The van der Waals surface area contributed by atoms with Gasteiger partial charge in [0.2, 0.25) is 0 Å². The molecule has 0 aromatic heterocycles. The molecule has 0 saturated heterocycles. The van der Waals surface area contributed by atoms with Gasteiger partial charge in [0.15, 0.2) is 6.61 Å². The van der Waals surface area contributed by atoms with E-state index in [0.717, 1.165) is 27.8 Å². The van der Waals surface area contributed by atoms with Crippen LogP contribution in [0.4, 0.5) is 0 Å². The van der Waals surface area contributed by atoms with Crippen molar-refractivity contribution < 1.29 is 4.74 Å². The summed E-state index contributed by atoms with van der Waals surface area (Å²) in [5.41, 5.74) is 7.84. The number of ether oxygens (including phenoxy) is 1. The Kier molecular flexibility index (Phi) is 4.78. The summed E-state index contributed by atoms with van der Waals surface area (Å²) >= 11 is 3.44. The Balaban J connectivity index is 3.06. The molecule has 1 aromatic rings. The molecule has 1 aromatic carbocycles. The highest BCUT2D eigenvalue weighted by atomic mass is 79.9. The molecular formula is C12H15BrN2O. The maximum atomic E-state index is 8.54. The maximum Gasteiger partial charge on any atom is 0.174 e. The number of nitriles is 1. The van der Waals surface area contributed by atoms with Crippen molar-refractivity contribution in [2.45, 2.75) is 26.3 Å². The summed E-state index contributed by atoms with van der Waals surface area (Å²) in [6.07, 6.45) is 0.737. The van der Waals surface area contributed by atoms with E-state index in [-0.39, 0.29) is 12.6 Å². The van der Waals surface area contributed by atoms with Gasteiger partial charge in [0.25, 0.3) is 0 Å². The molecule has 1 rings (SSSR count). The number of hydrogen-bond donors (Lipinski definition) is 1. The fraction of sp³-hybridized carbons (Fsp3) is 0.417. The van der Waals surface area contributed by atoms with Gasteiger partial charge in [-0.1, -0.05) is 15.9 Å². The second kappa shape index (κ2) is 5.88. The van der Waals surface area contributed by atoms with Crippen LogP contribution in [0.2, 0.25) is 0 Å². The van der Waals surface area contributed by atoms with Crippen molar-refractivity contribution >= 4 is 15.9 Å². The summed E-state index contributed by atoms with van der Waals surface area (Å²) in [7, 11) is 0. The third-order valence-corrected chi connectivity index (χ3v) is 2.60. The fourth-order valence-electron chi connectivity index (χ4n) is 1.61. The Labute approximate surface area is 104 Å². The van der Waals surface area contributed by atoms with E-state index >= 15 is 0 Å². The molecule has 0 aliphatic carbocycles. The third kappa shape index (κ3) is 3.51. The molecule has 2 N–H and O–H groups in total. The van der Waals surface area contributed by atoms with Crippen LogP contribution in [0.1, 0.15) is 18.1 Å². The lowest BCUT2D eigenvalue weighted by Gasteiger charge is -2.14. The van der Waals surface area contributed by atoms with Crippen molar-refractivity contribution in [1.82, 2.24) is 0 Å². The van der Waals surface area contributed by atoms with Crippen LogP contribution >= 0.6 is 15.9 Å². The van der Waals surface area contributed by atoms with Crippen LogP contribution in [-0.4, -0.2) is 12.6 Å². The van der Waals surface area contributed by atoms with Crippen LogP contribution < -0.4 is 10.5 Å². The van der Waals surface area contributed by atoms with E-state index in [4.69, 9.17) is 15.7 Å². The third-order valence-electron chi connectivity index (χ3n) is 2.14. The average molecular weight is 283 g/mol. The molecule has 3 nitrogen and oxygen atoms in total. The number of hydrogen-bond acceptors (Lipinski definition) is 3. The second-order valence-corrected chi connectivity index (χ2v) is 4.75. The Hall–Kier alpha value is -1.05. The largest absolute Gasteiger partial charge is 0.478 e. The van der Waals surface area contributed by atoms with Gasteiger partial charge in [-0.3, -0.25) is 0 Å². The minimum atomic E-state index is 0.0639. The zero-order chi connectivity index (χ0) is 12.1. The first-order chi connectivity index (χ1) is 7.54. The predicted octanol–water partition coefficient (Wildman–Crippen LogP) is 2.55. The highest BCUT2D eigenvalue weighted by molar-refractivity contribution is 9.10. The maximum absolute atomic E-state index is 8.54. The van der Waals surface area contributed by atoms with Gasteiger partial charge in [0.05, 0.1) is 0 Å². The van der Waals surface area contributed by atoms with Crippen molar-refractivity contribution in [3.05, 3.63) is 27.7 Å². The number of rotatable bonds is 4. The molecule has 0 spiro atoms. The molecule has 0 aliphatic heterocycles. The zero-order valence-electron chi connectivity index (χ0n) is 9.46. The quantitative estimate of drug-likeness (QED) is 0.923. The van der Waals surface area contributed by atoms with Crippen molar-refractivity contribution in [1.29, 1.82) is 5.26 Å². The first-order valence-electron chi connectivity index (χ1n) is 5.09. The van der Waals surface area contributed by atoms with E-state index in [1.165, 1.54) is 0 Å². The van der Waals surface area contributed by atoms with Crippen LogP contribution in [0.3, 0.4) is 0 Å². The van der Waals surface area contributed by atoms with Crippen molar-refractivity contribution in [2.24, 2.45) is 5.73 Å². The van der Waals surface area contributed by atoms with Gasteiger partial charge in [0, 0.05) is 10.5 Å². The first-order valence-corrected chi connectivity index (χ1v) is 5.88. The van der Waals surface area contributed by atoms with Gasteiger partial charge in [-0.2, -0.15) is 5.26 Å². The molecule has 1 unspecified atom stereocenters. The summed E-state index contributed by atoms with van der Waals surface area (Å²) in [5, 5.41) is 8.54. The highest BCUT2D eigenvalue weighted by Crippen LogP contribution is 2.28. The smallest absolute Gasteiger partial charge is 0.174 e. The molecule has 86 valence electrons. The monoisotopic (exact) mass is 282 g/mol. The van der Waals surface area contributed by atoms with Crippen LogP contribution in [0.15, 0.2) is 16.6 Å². The number of nitrogens with zero attached hydrogens (tertiary/aromatic N) is 1. The summed E-state index contributed by atoms with van der Waals surface area (Å²) in [4.78, 5) is 0. The number of benzene rings is 1. The SMILES string of the molecule is Cc1cc(Br)cc(CC(C)N)c1OCC#N. The number of aryl methyl sites for hydroxylation is 1. The normalized spacial score (nSPS) is 11.9. The molecule has 0 radical (unpaired) electrons. The highest BCUT2D eigenvalue weighted by Gasteiger charge is 2.10. The molecule has 0 amide bonds. The summed E-state index contributed by atoms with van der Waals surface area (Å²) < 4.78 is 6.44. The molecule has 1 atom stereocenters. The Morgan fingerprint density at radius 3 is 2.81 bits per heavy atom. The van der Waals surface area contributed by atoms with Crippen LogP contribution in [-0.2, 0) is 6.42 Å². The number of nitrogens with two attached hydrogens (primary N) is 1. The first kappa shape index (κ1) is 13.0. The van der Waals surface area contributed by atoms with Gasteiger partial charge in [-0.25, -0.2) is 0 Å². The van der Waals surface area contributed by atoms with Crippen LogP contribution in [0, 0.1) is 18.3 Å². The van der Waals surface area contributed by atoms with Crippen molar-refractivity contribution in [2.75, 3.05) is 6.61 Å². The fourth-order valence-corrected chi connectivity index (χ4v) is 2.23. The Bertz CT molecular complexity index is 410. The zero-order valence-corrected chi connectivity index (χ0v) is 11.0. The predicted molar refractivity (Wildman–Crippen MR) is 67.3 cm³/mol. The molecule has 0 heterocycles. The summed E-state index contributed by atoms with van der Waals surface area (Å²) in [6.45, 7) is 3.97. The van der Waals surface area contributed by atoms with E-state index < -0.39 is 0 Å². The lowest BCUT2D eigenvalue weighted by Crippen LogP contribution is -2.18. The lowest BCUT2D eigenvalue weighted by atomic mass is 10.0. The molecule has 16 heavy (non-hydrogen) atoms. The lowest BCUT2D eigenvalue weighted by molar-refractivity contribution is 0.360. The van der Waals surface area contributed by atoms with Gasteiger partial charge in [-0.05, 0) is 43.5 Å². The molecule has 0 saturated carbocycles. The minimum Gasteiger partial charge on any atom is -0.478 e. The summed E-state index contributed by atoms with van der Waals surface area (Å²) in [6, 6.07) is 6.00. The van der Waals surface area contributed by atoms with E-state index in [1.54, 1.807) is 0 Å². The van der Waals surface area contributed by atoms with Gasteiger partial charge in [0.1, 0.15) is 11.8 Å². The standard InChI is InChI=1S/C12H15BrN2O/c1-8-5-11(13)7-10(6-9(2)15)12(8)16-4-3-14/h5,7,9H,4,6,15H2,1-2H3. The molecule has 0 bridgehead atoms. The Morgan fingerprint density at radius 2 is 2.25 bits per heavy atom. The van der Waals surface area contributed by atoms with Crippen LogP contribution in [0.5, 0.6) is 5.75 Å². The van der Waals surface area contributed by atoms with Gasteiger partial charge >= 0.3 is 0 Å². The second-order valence-electron chi connectivity index (χ2n) is 3.84. The number of halogens is 1. The van der Waals surface area contributed by atoms with E-state index in [9.17, 15) is 0 Å². The molecule has 0 fully saturated rings. The molecule has 0 aliphatic rings. The minimum absolute atomic E-state index is 0.0639. The average Bonchev–Trinajstić information content (AvgIpc) is 2.15. The van der Waals surface area contributed by atoms with Crippen molar-refractivity contribution in [3.8, 4) is 11.8 Å². The molecule has 4 heteroatoms. The summed E-state index contributed by atoms with van der Waals surface area (Å²) in [5.74, 6) is 0.780. The molecular weight excluding hydrogens is 268 g/mol. The van der Waals surface area contributed by atoms with E-state index in [0.29, 0.717) is 0 Å². The van der Waals surface area contributed by atoms with Crippen molar-refractivity contribution in [3.63, 3.8) is 0 Å². The topological polar surface area (TPSA) is 59.0 Å². The van der Waals surface area contributed by atoms with E-state index in [2.05, 4.69) is 15.9 Å². The van der Waals surface area contributed by atoms with E-state index in [1.807, 2.05) is 32.0 Å². The van der Waals surface area contributed by atoms with Gasteiger partial charge < -0.3 is 10.5 Å². The van der Waals surface area contributed by atoms with Gasteiger partial charge in [-0.15, -0.1) is 0 Å².